The van der Waals surface area contributed by atoms with Crippen molar-refractivity contribution in [1.29, 1.82) is 0 Å². The molecule has 1 amide bonds. The average molecular weight is 407 g/mol. The van der Waals surface area contributed by atoms with Crippen LogP contribution in [0.4, 0.5) is 0 Å². The van der Waals surface area contributed by atoms with Crippen molar-refractivity contribution >= 4 is 5.91 Å². The number of nitrogens with one attached hydrogen (secondary N) is 1. The molecule has 2 aromatic carbocycles. The minimum Gasteiger partial charge on any atom is -0.490 e. The van der Waals surface area contributed by atoms with Gasteiger partial charge in [0.05, 0.1) is 13.2 Å². The Labute approximate surface area is 178 Å². The number of aromatic nitrogens is 1. The van der Waals surface area contributed by atoms with Crippen LogP contribution in [0.3, 0.4) is 0 Å². The number of benzene rings is 2. The zero-order valence-electron chi connectivity index (χ0n) is 17.7. The molecule has 1 heterocycles. The van der Waals surface area contributed by atoms with Crippen molar-refractivity contribution in [3.8, 4) is 11.5 Å². The fourth-order valence-electron chi connectivity index (χ4n) is 3.43. The van der Waals surface area contributed by atoms with Gasteiger partial charge in [-0.3, -0.25) is 4.79 Å². The van der Waals surface area contributed by atoms with Gasteiger partial charge in [-0.25, -0.2) is 0 Å². The van der Waals surface area contributed by atoms with Gasteiger partial charge in [0.1, 0.15) is 6.04 Å². The predicted molar refractivity (Wildman–Crippen MR) is 119 cm³/mol. The number of hydrogen-bond acceptors (Lipinski definition) is 3. The number of hydrogen-bond donors (Lipinski definition) is 1. The van der Waals surface area contributed by atoms with E-state index in [9.17, 15) is 4.79 Å². The van der Waals surface area contributed by atoms with Gasteiger partial charge >= 0.3 is 0 Å². The van der Waals surface area contributed by atoms with Gasteiger partial charge in [0.25, 0.3) is 0 Å². The summed E-state index contributed by atoms with van der Waals surface area (Å²) in [6.45, 7) is 5.65. The van der Waals surface area contributed by atoms with E-state index in [-0.39, 0.29) is 11.9 Å². The monoisotopic (exact) mass is 406 g/mol. The first kappa shape index (κ1) is 21.5. The highest BCUT2D eigenvalue weighted by atomic mass is 16.5. The van der Waals surface area contributed by atoms with E-state index >= 15 is 0 Å². The Morgan fingerprint density at radius 3 is 2.30 bits per heavy atom. The van der Waals surface area contributed by atoms with Crippen molar-refractivity contribution < 1.29 is 14.3 Å². The van der Waals surface area contributed by atoms with Gasteiger partial charge < -0.3 is 19.4 Å². The zero-order valence-corrected chi connectivity index (χ0v) is 17.7. The van der Waals surface area contributed by atoms with E-state index in [0.29, 0.717) is 26.2 Å². The lowest BCUT2D eigenvalue weighted by molar-refractivity contribution is -0.124. The van der Waals surface area contributed by atoms with Crippen LogP contribution < -0.4 is 14.8 Å². The van der Waals surface area contributed by atoms with Gasteiger partial charge in [-0.15, -0.1) is 0 Å². The van der Waals surface area contributed by atoms with Crippen molar-refractivity contribution in [1.82, 2.24) is 9.88 Å². The standard InChI is InChI=1S/C25H30N2O3/c1-3-29-23-13-12-21(19-24(23)30-4-2)14-15-26-25(28)22(27-16-8-9-17-27)18-20-10-6-5-7-11-20/h5-13,16-17,19,22H,3-4,14-15,18H2,1-2H3,(H,26,28)/t22-/m0/s1. The molecule has 0 saturated carbocycles. The molecule has 0 radical (unpaired) electrons. The van der Waals surface area contributed by atoms with Crippen LogP contribution in [0.1, 0.15) is 31.0 Å². The third kappa shape index (κ3) is 5.89. The smallest absolute Gasteiger partial charge is 0.243 e. The summed E-state index contributed by atoms with van der Waals surface area (Å²) in [6, 6.07) is 19.7. The maximum absolute atomic E-state index is 13.0. The Morgan fingerprint density at radius 2 is 1.60 bits per heavy atom. The highest BCUT2D eigenvalue weighted by Gasteiger charge is 2.19. The van der Waals surface area contributed by atoms with E-state index in [0.717, 1.165) is 29.0 Å². The summed E-state index contributed by atoms with van der Waals surface area (Å²) in [5, 5.41) is 3.10. The van der Waals surface area contributed by atoms with Gasteiger partial charge in [0, 0.05) is 25.4 Å². The summed E-state index contributed by atoms with van der Waals surface area (Å²) >= 11 is 0. The lowest BCUT2D eigenvalue weighted by atomic mass is 10.0. The number of amides is 1. The first-order valence-corrected chi connectivity index (χ1v) is 10.5. The molecule has 3 rings (SSSR count). The van der Waals surface area contributed by atoms with Crippen LogP contribution in [-0.2, 0) is 17.6 Å². The molecule has 0 bridgehead atoms. The summed E-state index contributed by atoms with van der Waals surface area (Å²) in [7, 11) is 0. The number of nitrogens with zero attached hydrogens (tertiary/aromatic N) is 1. The van der Waals surface area contributed by atoms with Crippen LogP contribution in [0.25, 0.3) is 0 Å². The topological polar surface area (TPSA) is 52.5 Å². The van der Waals surface area contributed by atoms with Crippen LogP contribution in [0, 0.1) is 0 Å². The Hall–Kier alpha value is -3.21. The van der Waals surface area contributed by atoms with Gasteiger partial charge in [-0.05, 0) is 55.7 Å². The fourth-order valence-corrected chi connectivity index (χ4v) is 3.43. The number of carbonyl (C=O) groups is 1. The molecule has 0 fully saturated rings. The molecule has 3 aromatic rings. The molecule has 5 nitrogen and oxygen atoms in total. The highest BCUT2D eigenvalue weighted by Crippen LogP contribution is 2.28. The van der Waals surface area contributed by atoms with E-state index in [2.05, 4.69) is 17.4 Å². The van der Waals surface area contributed by atoms with E-state index < -0.39 is 0 Å². The Bertz CT molecular complexity index is 907. The molecule has 158 valence electrons. The van der Waals surface area contributed by atoms with Crippen molar-refractivity contribution in [2.45, 2.75) is 32.7 Å². The van der Waals surface area contributed by atoms with Crippen LogP contribution in [0.5, 0.6) is 11.5 Å². The second kappa shape index (κ2) is 11.1. The molecule has 0 unspecified atom stereocenters. The first-order chi connectivity index (χ1) is 14.7. The van der Waals surface area contributed by atoms with Crippen molar-refractivity contribution in [3.63, 3.8) is 0 Å². The van der Waals surface area contributed by atoms with Crippen LogP contribution in [0.2, 0.25) is 0 Å². The summed E-state index contributed by atoms with van der Waals surface area (Å²) in [4.78, 5) is 13.0. The van der Waals surface area contributed by atoms with Crippen molar-refractivity contribution in [2.75, 3.05) is 19.8 Å². The Kier molecular flexibility index (Phi) is 7.95. The molecule has 0 aliphatic carbocycles. The van der Waals surface area contributed by atoms with E-state index in [1.807, 2.05) is 79.3 Å². The van der Waals surface area contributed by atoms with Gasteiger partial charge in [0.15, 0.2) is 11.5 Å². The summed E-state index contributed by atoms with van der Waals surface area (Å²) in [5.74, 6) is 1.52. The number of rotatable bonds is 11. The number of ether oxygens (including phenoxy) is 2. The van der Waals surface area contributed by atoms with E-state index in [4.69, 9.17) is 9.47 Å². The van der Waals surface area contributed by atoms with Gasteiger partial charge in [-0.2, -0.15) is 0 Å². The molecule has 5 heteroatoms. The Balaban J connectivity index is 1.62. The summed E-state index contributed by atoms with van der Waals surface area (Å²) < 4.78 is 13.3. The third-order valence-corrected chi connectivity index (χ3v) is 4.88. The SMILES string of the molecule is CCOc1ccc(CCNC(=O)[C@H](Cc2ccccc2)n2cccc2)cc1OCC. The maximum Gasteiger partial charge on any atom is 0.243 e. The molecule has 0 saturated heterocycles. The molecule has 0 aliphatic heterocycles. The molecule has 30 heavy (non-hydrogen) atoms. The molecule has 0 spiro atoms. The van der Waals surface area contributed by atoms with Crippen molar-refractivity contribution in [2.24, 2.45) is 0 Å². The minimum absolute atomic E-state index is 0.0195. The quantitative estimate of drug-likeness (QED) is 0.513. The largest absolute Gasteiger partial charge is 0.490 e. The van der Waals surface area contributed by atoms with Crippen LogP contribution in [-0.4, -0.2) is 30.2 Å². The minimum atomic E-state index is -0.276. The van der Waals surface area contributed by atoms with Gasteiger partial charge in [0.2, 0.25) is 5.91 Å². The molecule has 1 N–H and O–H groups in total. The first-order valence-electron chi connectivity index (χ1n) is 10.5. The highest BCUT2D eigenvalue weighted by molar-refractivity contribution is 5.80. The second-order valence-electron chi connectivity index (χ2n) is 7.02. The van der Waals surface area contributed by atoms with Gasteiger partial charge in [-0.1, -0.05) is 36.4 Å². The molecule has 1 aromatic heterocycles. The van der Waals surface area contributed by atoms with E-state index in [1.54, 1.807) is 0 Å². The lowest BCUT2D eigenvalue weighted by Gasteiger charge is -2.19. The molecular formula is C25H30N2O3. The summed E-state index contributed by atoms with van der Waals surface area (Å²) in [6.07, 6.45) is 5.25. The maximum atomic E-state index is 13.0. The third-order valence-electron chi connectivity index (χ3n) is 4.88. The molecular weight excluding hydrogens is 376 g/mol. The normalized spacial score (nSPS) is 11.7. The average Bonchev–Trinajstić information content (AvgIpc) is 3.29. The predicted octanol–water partition coefficient (Wildman–Crippen LogP) is 4.43. The number of carbonyl (C=O) groups excluding carboxylic acids is 1. The lowest BCUT2D eigenvalue weighted by Crippen LogP contribution is -2.34. The van der Waals surface area contributed by atoms with Crippen molar-refractivity contribution in [3.05, 3.63) is 84.2 Å². The van der Waals surface area contributed by atoms with Crippen LogP contribution in [0.15, 0.2) is 73.1 Å². The summed E-state index contributed by atoms with van der Waals surface area (Å²) in [5.41, 5.74) is 2.24. The van der Waals surface area contributed by atoms with Crippen LogP contribution >= 0.6 is 0 Å². The fraction of sp³-hybridized carbons (Fsp3) is 0.320. The molecule has 0 aliphatic rings. The molecule has 1 atom stereocenters. The van der Waals surface area contributed by atoms with E-state index in [1.165, 1.54) is 0 Å². The second-order valence-corrected chi connectivity index (χ2v) is 7.02. The zero-order chi connectivity index (χ0) is 21.2. The Morgan fingerprint density at radius 1 is 0.900 bits per heavy atom.